The average molecular weight is 872 g/mol. The third-order valence-corrected chi connectivity index (χ3v) is 15.9. The number of carboxylic acids is 1. The molecule has 322 valence electrons. The molecule has 4 aromatic carbocycles. The van der Waals surface area contributed by atoms with Crippen LogP contribution in [0.5, 0.6) is 11.5 Å². The molecule has 0 amide bonds. The first-order valence-corrected chi connectivity index (χ1v) is 23.2. The number of aromatic hydroxyl groups is 1. The number of likely N-dealkylation sites (N-methyl/N-ethyl adjacent to an activating group) is 1. The number of aliphatic hydroxyl groups excluding tert-OH is 1. The Hall–Kier alpha value is -4.64. The van der Waals surface area contributed by atoms with Crippen LogP contribution in [0.3, 0.4) is 0 Å². The number of aromatic nitrogens is 1. The number of hydrogen-bond acceptors (Lipinski definition) is 8. The number of fused-ring (bicyclic) bond motifs is 1. The van der Waals surface area contributed by atoms with Crippen molar-refractivity contribution in [2.24, 2.45) is 11.3 Å². The number of thioether (sulfide) groups is 1. The fraction of sp³-hybridized carbons (Fsp3) is 0.385. The Labute approximate surface area is 373 Å². The van der Waals surface area contributed by atoms with Gasteiger partial charge in [0.25, 0.3) is 0 Å². The third kappa shape index (κ3) is 8.30. The Morgan fingerprint density at radius 3 is 2.61 bits per heavy atom. The van der Waals surface area contributed by atoms with E-state index in [-0.39, 0.29) is 34.4 Å². The standard InChI is InChI=1S/C35H36ClNO3S.C17H19NO3/c1-34(2,40)30-9-4-3-7-25(30)13-17-32(41-23-35(18-19-35)22-33(38)39)27-8-5-6-24(20-27)10-15-29-16-12-26-11-14-28(36)21-31(26)37-29;1-18-7-6-17-10-3-5-13(20)16(17)21-15-12(19)4-2-9(14(15)17)8-11(10)18/h3-12,14-16,20-21,32,40H,13,17-19,22-23H2,1-2H3,(H,38,39);2-5,10-11,13,16,19-20H,6-8H2,1H3/b15-10+;/t32-;10-,11+,13-,16-,17-/m10/s1. The van der Waals surface area contributed by atoms with Crippen LogP contribution in [0.25, 0.3) is 23.1 Å². The van der Waals surface area contributed by atoms with Gasteiger partial charge < -0.3 is 30.1 Å². The number of ether oxygens (including phenoxy) is 1. The summed E-state index contributed by atoms with van der Waals surface area (Å²) >= 11 is 8.04. The van der Waals surface area contributed by atoms with Crippen molar-refractivity contribution in [2.75, 3.05) is 19.3 Å². The Kier molecular flexibility index (Phi) is 11.6. The lowest BCUT2D eigenvalue weighted by Crippen LogP contribution is -2.64. The van der Waals surface area contributed by atoms with Crippen molar-refractivity contribution in [1.29, 1.82) is 0 Å². The number of halogens is 1. The van der Waals surface area contributed by atoms with Crippen molar-refractivity contribution >= 4 is 52.4 Å². The van der Waals surface area contributed by atoms with Crippen molar-refractivity contribution < 1.29 is 30.0 Å². The maximum absolute atomic E-state index is 11.5. The summed E-state index contributed by atoms with van der Waals surface area (Å²) in [7, 11) is 2.19. The highest BCUT2D eigenvalue weighted by molar-refractivity contribution is 7.99. The van der Waals surface area contributed by atoms with Gasteiger partial charge in [0.2, 0.25) is 0 Å². The Morgan fingerprint density at radius 1 is 1.02 bits per heavy atom. The number of pyridine rings is 1. The van der Waals surface area contributed by atoms with Crippen LogP contribution in [-0.4, -0.2) is 73.9 Å². The normalized spacial score (nSPS) is 24.5. The number of benzene rings is 4. The summed E-state index contributed by atoms with van der Waals surface area (Å²) in [5, 5.41) is 42.7. The van der Waals surface area contributed by atoms with Gasteiger partial charge in [-0.25, -0.2) is 4.98 Å². The number of piperidine rings is 1. The number of phenolic OH excluding ortho intramolecular Hbond substituents is 1. The highest BCUT2D eigenvalue weighted by Gasteiger charge is 2.64. The van der Waals surface area contributed by atoms with E-state index >= 15 is 0 Å². The molecule has 3 aliphatic carbocycles. The number of likely N-dealkylation sites (tertiary alicyclic amines) is 1. The first-order valence-electron chi connectivity index (χ1n) is 21.8. The minimum absolute atomic E-state index is 0.0814. The summed E-state index contributed by atoms with van der Waals surface area (Å²) in [5.41, 5.74) is 7.44. The van der Waals surface area contributed by atoms with Gasteiger partial charge in [0.05, 0.1) is 23.2 Å². The van der Waals surface area contributed by atoms with E-state index in [9.17, 15) is 25.2 Å². The molecule has 1 spiro atoms. The Morgan fingerprint density at radius 2 is 1.82 bits per heavy atom. The summed E-state index contributed by atoms with van der Waals surface area (Å²) < 4.78 is 6.09. The van der Waals surface area contributed by atoms with Crippen molar-refractivity contribution in [3.8, 4) is 11.5 Å². The second kappa shape index (κ2) is 16.8. The van der Waals surface area contributed by atoms with E-state index in [1.807, 2.05) is 86.3 Å². The van der Waals surface area contributed by atoms with Crippen LogP contribution in [0.2, 0.25) is 5.02 Å². The minimum atomic E-state index is -0.911. The Bertz CT molecular complexity index is 2560. The molecule has 5 aliphatic rings. The third-order valence-electron chi connectivity index (χ3n) is 14.0. The van der Waals surface area contributed by atoms with E-state index in [0.717, 1.165) is 84.1 Å². The van der Waals surface area contributed by atoms with Crippen LogP contribution in [0.15, 0.2) is 103 Å². The second-order valence-corrected chi connectivity index (χ2v) is 20.3. The zero-order valence-corrected chi connectivity index (χ0v) is 37.1. The second-order valence-electron chi connectivity index (χ2n) is 18.6. The molecule has 5 aromatic rings. The van der Waals surface area contributed by atoms with Crippen LogP contribution in [0.1, 0.15) is 90.3 Å². The summed E-state index contributed by atoms with van der Waals surface area (Å²) in [6.07, 6.45) is 13.2. The van der Waals surface area contributed by atoms with E-state index in [1.165, 1.54) is 16.7 Å². The number of carboxylic acid groups (broad SMARTS) is 1. The molecular weight excluding hydrogens is 816 g/mol. The maximum Gasteiger partial charge on any atom is 0.303 e. The molecule has 1 saturated heterocycles. The molecule has 6 atom stereocenters. The van der Waals surface area contributed by atoms with Crippen LogP contribution < -0.4 is 4.74 Å². The van der Waals surface area contributed by atoms with Gasteiger partial charge in [-0.05, 0) is 130 Å². The first kappa shape index (κ1) is 42.7. The van der Waals surface area contributed by atoms with E-state index in [0.29, 0.717) is 22.7 Å². The molecule has 4 N–H and O–H groups in total. The van der Waals surface area contributed by atoms with Gasteiger partial charge in [-0.15, -0.1) is 0 Å². The summed E-state index contributed by atoms with van der Waals surface area (Å²) in [5.74, 6) is 1.31. The molecule has 10 heteroatoms. The SMILES string of the molecule is CC(C)(O)c1ccccc1CC[C@@H](SCC1(CC(=O)O)CC1)c1cccc(/C=C/c2ccc3ccc(Cl)cc3n2)c1.CN1CC[C@]23c4c5ccc(O)c4O[C@H]2[C@@H](O)C=C[C@H]3[C@H]1C5. The lowest BCUT2D eigenvalue weighted by Gasteiger charge is -2.56. The zero-order chi connectivity index (χ0) is 43.4. The fourth-order valence-electron chi connectivity index (χ4n) is 10.6. The smallest absolute Gasteiger partial charge is 0.303 e. The van der Waals surface area contributed by atoms with Crippen LogP contribution in [0.4, 0.5) is 0 Å². The highest BCUT2D eigenvalue weighted by Crippen LogP contribution is 2.62. The molecule has 3 heterocycles. The molecule has 62 heavy (non-hydrogen) atoms. The molecule has 1 aromatic heterocycles. The minimum Gasteiger partial charge on any atom is -0.504 e. The number of aryl methyl sites for hydroxylation is 1. The Balaban J connectivity index is 0.000000193. The number of rotatable bonds is 12. The number of aliphatic carboxylic acids is 1. The predicted molar refractivity (Wildman–Crippen MR) is 249 cm³/mol. The number of hydrogen-bond donors (Lipinski definition) is 4. The van der Waals surface area contributed by atoms with Gasteiger partial charge in [0.1, 0.15) is 12.2 Å². The molecule has 2 bridgehead atoms. The van der Waals surface area contributed by atoms with E-state index in [1.54, 1.807) is 6.07 Å². The van der Waals surface area contributed by atoms with E-state index in [4.69, 9.17) is 21.3 Å². The highest BCUT2D eigenvalue weighted by atomic mass is 35.5. The fourth-order valence-corrected chi connectivity index (χ4v) is 12.3. The molecule has 0 radical (unpaired) electrons. The number of nitrogens with zero attached hydrogens (tertiary/aromatic N) is 2. The van der Waals surface area contributed by atoms with Crippen molar-refractivity contribution in [3.05, 3.63) is 147 Å². The molecule has 2 fully saturated rings. The average Bonchev–Trinajstić information content (AvgIpc) is 3.91. The number of phenols is 1. The molecule has 1 saturated carbocycles. The van der Waals surface area contributed by atoms with E-state index in [2.05, 4.69) is 60.5 Å². The summed E-state index contributed by atoms with van der Waals surface area (Å²) in [6, 6.07) is 30.7. The molecule has 8 nitrogen and oxygen atoms in total. The van der Waals surface area contributed by atoms with Gasteiger partial charge >= 0.3 is 5.97 Å². The molecule has 0 unspecified atom stereocenters. The quantitative estimate of drug-likeness (QED) is 0.0908. The van der Waals surface area contributed by atoms with Gasteiger partial charge in [-0.3, -0.25) is 4.79 Å². The van der Waals surface area contributed by atoms with Crippen molar-refractivity contribution in [2.45, 2.75) is 93.3 Å². The van der Waals surface area contributed by atoms with Gasteiger partial charge in [-0.2, -0.15) is 11.8 Å². The van der Waals surface area contributed by atoms with Crippen LogP contribution in [0, 0.1) is 11.3 Å². The molecule has 10 rings (SSSR count). The number of carbonyl (C=O) groups is 1. The lowest BCUT2D eigenvalue weighted by atomic mass is 9.53. The number of aliphatic hydroxyl groups is 2. The van der Waals surface area contributed by atoms with Crippen molar-refractivity contribution in [3.63, 3.8) is 0 Å². The van der Waals surface area contributed by atoms with Crippen LogP contribution >= 0.6 is 23.4 Å². The van der Waals surface area contributed by atoms with Crippen molar-refractivity contribution in [1.82, 2.24) is 9.88 Å². The zero-order valence-electron chi connectivity index (χ0n) is 35.5. The summed E-state index contributed by atoms with van der Waals surface area (Å²) in [4.78, 5) is 18.7. The topological polar surface area (TPSA) is 123 Å². The van der Waals surface area contributed by atoms with Crippen LogP contribution in [-0.2, 0) is 28.7 Å². The lowest BCUT2D eigenvalue weighted by molar-refractivity contribution is -0.138. The molecule has 2 aliphatic heterocycles. The first-order chi connectivity index (χ1) is 29.7. The van der Waals surface area contributed by atoms with E-state index < -0.39 is 17.7 Å². The monoisotopic (exact) mass is 870 g/mol. The summed E-state index contributed by atoms with van der Waals surface area (Å²) in [6.45, 7) is 4.67. The molecular formula is C52H55ClN2O6S. The van der Waals surface area contributed by atoms with Gasteiger partial charge in [0.15, 0.2) is 11.5 Å². The van der Waals surface area contributed by atoms with Gasteiger partial charge in [0, 0.05) is 44.3 Å². The largest absolute Gasteiger partial charge is 0.504 e. The maximum atomic E-state index is 11.5. The predicted octanol–water partition coefficient (Wildman–Crippen LogP) is 10.1. The van der Waals surface area contributed by atoms with Gasteiger partial charge in [-0.1, -0.05) is 96.6 Å².